The molecule has 0 aliphatic rings. The van der Waals surface area contributed by atoms with Crippen LogP contribution in [0.5, 0.6) is 0 Å². The topological polar surface area (TPSA) is 43.9 Å². The van der Waals surface area contributed by atoms with Gasteiger partial charge in [0.1, 0.15) is 17.0 Å². The highest BCUT2D eigenvalue weighted by molar-refractivity contribution is 6.23. The van der Waals surface area contributed by atoms with Gasteiger partial charge in [-0.25, -0.2) is 9.97 Å². The molecule has 3 heterocycles. The fourth-order valence-corrected chi connectivity index (χ4v) is 9.01. The minimum atomic E-state index is 0.671. The van der Waals surface area contributed by atoms with Gasteiger partial charge in [-0.15, -0.1) is 0 Å². The molecule has 3 aromatic heterocycles. The molecular weight excluding hydrogens is 731 g/mol. The Hall–Kier alpha value is -8.08. The molecule has 0 atom stereocenters. The number of rotatable bonds is 6. The molecule has 0 amide bonds. The summed E-state index contributed by atoms with van der Waals surface area (Å²) in [5.74, 6) is 1.47. The fourth-order valence-electron chi connectivity index (χ4n) is 9.01. The summed E-state index contributed by atoms with van der Waals surface area (Å²) in [4.78, 5) is 10.6. The van der Waals surface area contributed by atoms with Gasteiger partial charge in [0, 0.05) is 49.9 Å². The molecule has 0 fully saturated rings. The van der Waals surface area contributed by atoms with Crippen LogP contribution in [0.15, 0.2) is 217 Å². The summed E-state index contributed by atoms with van der Waals surface area (Å²) >= 11 is 0. The van der Waals surface area contributed by atoms with Crippen molar-refractivity contribution in [1.29, 1.82) is 0 Å². The van der Waals surface area contributed by atoms with Gasteiger partial charge in [-0.05, 0) is 51.2 Å². The van der Waals surface area contributed by atoms with Crippen molar-refractivity contribution in [3.05, 3.63) is 212 Å². The highest BCUT2D eigenvalue weighted by Gasteiger charge is 2.22. The van der Waals surface area contributed by atoms with E-state index < -0.39 is 0 Å². The molecule has 0 spiro atoms. The molecule has 0 unspecified atom stereocenters. The third kappa shape index (κ3) is 5.53. The second-order valence-corrected chi connectivity index (χ2v) is 15.3. The summed E-state index contributed by atoms with van der Waals surface area (Å²) in [5.41, 5.74) is 13.5. The van der Waals surface area contributed by atoms with E-state index in [0.29, 0.717) is 5.82 Å². The summed E-state index contributed by atoms with van der Waals surface area (Å²) in [6.45, 7) is 0. The highest BCUT2D eigenvalue weighted by Crippen LogP contribution is 2.43. The molecule has 280 valence electrons. The summed E-state index contributed by atoms with van der Waals surface area (Å²) in [6.07, 6.45) is 0. The predicted octanol–water partition coefficient (Wildman–Crippen LogP) is 15.0. The number of benzene rings is 9. The molecule has 12 rings (SSSR count). The van der Waals surface area contributed by atoms with Crippen LogP contribution in [0.25, 0.3) is 116 Å². The lowest BCUT2D eigenvalue weighted by Crippen LogP contribution is -2.03. The zero-order valence-electron chi connectivity index (χ0n) is 32.5. The first kappa shape index (κ1) is 34.0. The maximum absolute atomic E-state index is 6.52. The number of fused-ring (bicyclic) bond motifs is 8. The molecule has 0 aliphatic heterocycles. The van der Waals surface area contributed by atoms with Crippen molar-refractivity contribution in [2.75, 3.05) is 0 Å². The Morgan fingerprint density at radius 2 is 0.983 bits per heavy atom. The number of para-hydroxylation sites is 3. The first-order valence-electron chi connectivity index (χ1n) is 20.3. The summed E-state index contributed by atoms with van der Waals surface area (Å²) in [5, 5.41) is 7.00. The van der Waals surface area contributed by atoms with Crippen molar-refractivity contribution in [2.24, 2.45) is 0 Å². The summed E-state index contributed by atoms with van der Waals surface area (Å²) in [7, 11) is 0. The number of hydrogen-bond donors (Lipinski definition) is 0. The van der Waals surface area contributed by atoms with E-state index in [9.17, 15) is 0 Å². The van der Waals surface area contributed by atoms with Crippen LogP contribution in [0.4, 0.5) is 0 Å². The first-order valence-corrected chi connectivity index (χ1v) is 20.3. The van der Waals surface area contributed by atoms with E-state index in [1.165, 1.54) is 21.7 Å². The monoisotopic (exact) mass is 765 g/mol. The zero-order chi connectivity index (χ0) is 39.6. The molecule has 0 bridgehead atoms. The first-order chi connectivity index (χ1) is 29.7. The van der Waals surface area contributed by atoms with Gasteiger partial charge in [-0.2, -0.15) is 0 Å². The van der Waals surface area contributed by atoms with Crippen LogP contribution in [0, 0.1) is 0 Å². The Bertz CT molecular complexity index is 3580. The Balaban J connectivity index is 1.11. The van der Waals surface area contributed by atoms with Crippen molar-refractivity contribution >= 4 is 54.5 Å². The van der Waals surface area contributed by atoms with Crippen molar-refractivity contribution in [3.63, 3.8) is 0 Å². The number of aromatic nitrogens is 3. The molecule has 12 aromatic rings. The van der Waals surface area contributed by atoms with E-state index in [0.717, 1.165) is 88.8 Å². The van der Waals surface area contributed by atoms with Crippen LogP contribution in [-0.4, -0.2) is 14.5 Å². The van der Waals surface area contributed by atoms with Crippen LogP contribution in [0.2, 0.25) is 0 Å². The van der Waals surface area contributed by atoms with Gasteiger partial charge in [0.05, 0.1) is 16.7 Å². The number of nitrogens with zero attached hydrogens (tertiary/aromatic N) is 3. The lowest BCUT2D eigenvalue weighted by molar-refractivity contribution is 0.670. The van der Waals surface area contributed by atoms with E-state index >= 15 is 0 Å². The van der Waals surface area contributed by atoms with Gasteiger partial charge in [-0.3, -0.25) is 4.57 Å². The lowest BCUT2D eigenvalue weighted by atomic mass is 9.96. The Morgan fingerprint density at radius 3 is 1.80 bits per heavy atom. The van der Waals surface area contributed by atoms with Gasteiger partial charge in [0.25, 0.3) is 0 Å². The van der Waals surface area contributed by atoms with E-state index in [1.54, 1.807) is 0 Å². The minimum absolute atomic E-state index is 0.671. The van der Waals surface area contributed by atoms with E-state index in [2.05, 4.69) is 180 Å². The normalized spacial score (nSPS) is 11.7. The average Bonchev–Trinajstić information content (AvgIpc) is 3.89. The number of furan rings is 1. The number of hydrogen-bond acceptors (Lipinski definition) is 3. The molecule has 4 nitrogen and oxygen atoms in total. The quantitative estimate of drug-likeness (QED) is 0.169. The maximum Gasteiger partial charge on any atom is 0.162 e. The lowest BCUT2D eigenvalue weighted by Gasteiger charge is -2.15. The smallest absolute Gasteiger partial charge is 0.162 e. The third-order valence-corrected chi connectivity index (χ3v) is 11.8. The molecule has 0 N–H and O–H groups in total. The van der Waals surface area contributed by atoms with Gasteiger partial charge in [-0.1, -0.05) is 188 Å². The predicted molar refractivity (Wildman–Crippen MR) is 248 cm³/mol. The largest absolute Gasteiger partial charge is 0.455 e. The Morgan fingerprint density at radius 1 is 0.383 bits per heavy atom. The zero-order valence-corrected chi connectivity index (χ0v) is 32.5. The van der Waals surface area contributed by atoms with Crippen molar-refractivity contribution in [1.82, 2.24) is 14.5 Å². The van der Waals surface area contributed by atoms with E-state index in [-0.39, 0.29) is 0 Å². The molecule has 0 saturated carbocycles. The van der Waals surface area contributed by atoms with E-state index in [1.807, 2.05) is 36.4 Å². The van der Waals surface area contributed by atoms with Crippen LogP contribution in [0.1, 0.15) is 0 Å². The second-order valence-electron chi connectivity index (χ2n) is 15.3. The van der Waals surface area contributed by atoms with Gasteiger partial charge in [0.15, 0.2) is 5.82 Å². The molecule has 9 aromatic carbocycles. The average molecular weight is 766 g/mol. The standard InChI is InChI=1S/C56H35N3O/c1-3-14-36(15-4-1)37-28-30-39(31-29-37)49-35-52(58-56(57-49)40-17-5-2-6-18-40)59-50-33-32-38-16-7-8-21-43(38)53(50)48-26-12-23-44(54(48)59)41-19-11-20-42(34-41)45-24-13-25-47-46-22-9-10-27-51(46)60-55(45)47/h1-35H. The third-order valence-electron chi connectivity index (χ3n) is 11.8. The maximum atomic E-state index is 6.52. The van der Waals surface area contributed by atoms with Crippen LogP contribution in [0.3, 0.4) is 0 Å². The van der Waals surface area contributed by atoms with Crippen molar-refractivity contribution in [2.45, 2.75) is 0 Å². The van der Waals surface area contributed by atoms with Crippen LogP contribution in [-0.2, 0) is 0 Å². The van der Waals surface area contributed by atoms with Gasteiger partial charge >= 0.3 is 0 Å². The fraction of sp³-hybridized carbons (Fsp3) is 0. The molecule has 0 saturated heterocycles. The molecule has 0 aliphatic carbocycles. The van der Waals surface area contributed by atoms with E-state index in [4.69, 9.17) is 14.4 Å². The summed E-state index contributed by atoms with van der Waals surface area (Å²) in [6, 6.07) is 75.0. The van der Waals surface area contributed by atoms with Gasteiger partial charge < -0.3 is 4.42 Å². The minimum Gasteiger partial charge on any atom is -0.455 e. The Kier molecular flexibility index (Phi) is 7.82. The summed E-state index contributed by atoms with van der Waals surface area (Å²) < 4.78 is 8.87. The van der Waals surface area contributed by atoms with Crippen molar-refractivity contribution < 1.29 is 4.42 Å². The van der Waals surface area contributed by atoms with Crippen molar-refractivity contribution in [3.8, 4) is 61.8 Å². The van der Waals surface area contributed by atoms with Crippen LogP contribution < -0.4 is 0 Å². The Labute approximate surface area is 346 Å². The van der Waals surface area contributed by atoms with Crippen LogP contribution >= 0.6 is 0 Å². The second kappa shape index (κ2) is 13.8. The molecule has 60 heavy (non-hydrogen) atoms. The molecular formula is C56H35N3O. The SMILES string of the molecule is c1ccc(-c2ccc(-c3cc(-n4c5ccc6ccccc6c5c5cccc(-c6cccc(-c7cccc8c7oc7ccccc78)c6)c54)nc(-c4ccccc4)n3)cc2)cc1. The molecule has 4 heteroatoms. The van der Waals surface area contributed by atoms with Gasteiger partial charge in [0.2, 0.25) is 0 Å². The molecule has 0 radical (unpaired) electrons. The highest BCUT2D eigenvalue weighted by atomic mass is 16.3.